The molecule has 0 atom stereocenters. The molecule has 0 unspecified atom stereocenters. The second kappa shape index (κ2) is 15.4. The van der Waals surface area contributed by atoms with Gasteiger partial charge in [-0.25, -0.2) is 15.0 Å². The molecule has 264 valence electrons. The predicted octanol–water partition coefficient (Wildman–Crippen LogP) is 12.9. The molecule has 0 aliphatic carbocycles. The van der Waals surface area contributed by atoms with Gasteiger partial charge in [0.15, 0.2) is 17.5 Å². The monoisotopic (exact) mass is 716 g/mol. The van der Waals surface area contributed by atoms with Gasteiger partial charge in [0.1, 0.15) is 0 Å². The van der Waals surface area contributed by atoms with E-state index in [-0.39, 0.29) is 0 Å². The van der Waals surface area contributed by atoms with Crippen LogP contribution in [0.15, 0.2) is 212 Å². The number of hydrogen-bond acceptors (Lipinski definition) is 4. The van der Waals surface area contributed by atoms with Gasteiger partial charge >= 0.3 is 0 Å². The summed E-state index contributed by atoms with van der Waals surface area (Å²) in [6, 6.07) is 70.6. The van der Waals surface area contributed by atoms with Crippen molar-refractivity contribution >= 4 is 22.1 Å². The Kier molecular flexibility index (Phi) is 9.43. The first-order chi connectivity index (χ1) is 27.7. The summed E-state index contributed by atoms with van der Waals surface area (Å²) in [5.74, 6) is 1.92. The standard InChI is InChI=1S/C52H36N4/c53-49(39-17-7-2-8-18-39)35-48(37-15-5-1-6-16-37)46-26-14-23-38-29-32-45(34-47(38)46)44-25-13-24-43(33-44)36-27-30-42(31-28-36)52-55-50(40-19-9-3-10-20-40)54-51(56-52)41-21-11-4-12-22-41/h1-35,53H/b48-35-,53-49?. The third-order valence-corrected chi connectivity index (χ3v) is 10.0. The van der Waals surface area contributed by atoms with Crippen molar-refractivity contribution < 1.29 is 0 Å². The lowest BCUT2D eigenvalue weighted by molar-refractivity contribution is 1.07. The smallest absolute Gasteiger partial charge is 0.164 e. The van der Waals surface area contributed by atoms with Crippen LogP contribution in [0.2, 0.25) is 0 Å². The Morgan fingerprint density at radius 1 is 0.357 bits per heavy atom. The van der Waals surface area contributed by atoms with Crippen molar-refractivity contribution in [2.75, 3.05) is 0 Å². The van der Waals surface area contributed by atoms with Gasteiger partial charge in [-0.1, -0.05) is 194 Å². The van der Waals surface area contributed by atoms with E-state index in [4.69, 9.17) is 20.4 Å². The second-order valence-electron chi connectivity index (χ2n) is 13.6. The fourth-order valence-corrected chi connectivity index (χ4v) is 7.09. The summed E-state index contributed by atoms with van der Waals surface area (Å²) in [5, 5.41) is 11.3. The normalized spacial score (nSPS) is 11.4. The Balaban J connectivity index is 1.07. The maximum Gasteiger partial charge on any atom is 0.164 e. The molecule has 0 amide bonds. The van der Waals surface area contributed by atoms with Crippen LogP contribution in [-0.4, -0.2) is 20.7 Å². The zero-order valence-electron chi connectivity index (χ0n) is 30.5. The van der Waals surface area contributed by atoms with Gasteiger partial charge in [-0.2, -0.15) is 0 Å². The van der Waals surface area contributed by atoms with Gasteiger partial charge in [-0.05, 0) is 73.5 Å². The van der Waals surface area contributed by atoms with Gasteiger partial charge < -0.3 is 5.41 Å². The highest BCUT2D eigenvalue weighted by Crippen LogP contribution is 2.35. The summed E-state index contributed by atoms with van der Waals surface area (Å²) in [4.78, 5) is 14.7. The highest BCUT2D eigenvalue weighted by atomic mass is 15.0. The SMILES string of the molecule is N=C(/C=C(/c1ccccc1)c1cccc2ccc(-c3cccc(-c4ccc(-c5nc(-c6ccccc6)nc(-c6ccccc6)n5)cc4)c3)cc12)c1ccccc1. The van der Waals surface area contributed by atoms with Crippen LogP contribution in [0.4, 0.5) is 0 Å². The lowest BCUT2D eigenvalue weighted by Crippen LogP contribution is -2.00. The van der Waals surface area contributed by atoms with Gasteiger partial charge in [0.2, 0.25) is 0 Å². The van der Waals surface area contributed by atoms with E-state index < -0.39 is 0 Å². The molecular formula is C52H36N4. The minimum absolute atomic E-state index is 0.472. The molecule has 1 N–H and O–H groups in total. The van der Waals surface area contributed by atoms with E-state index in [2.05, 4.69) is 109 Å². The zero-order chi connectivity index (χ0) is 37.7. The van der Waals surface area contributed by atoms with Gasteiger partial charge in [0.05, 0.1) is 5.71 Å². The number of aromatic nitrogens is 3. The van der Waals surface area contributed by atoms with Crippen molar-refractivity contribution in [2.45, 2.75) is 0 Å². The van der Waals surface area contributed by atoms with Crippen LogP contribution in [0.5, 0.6) is 0 Å². The Labute approximate surface area is 326 Å². The fraction of sp³-hybridized carbons (Fsp3) is 0. The predicted molar refractivity (Wildman–Crippen MR) is 231 cm³/mol. The molecule has 0 radical (unpaired) electrons. The molecule has 56 heavy (non-hydrogen) atoms. The summed E-state index contributed by atoms with van der Waals surface area (Å²) in [6.07, 6.45) is 2.00. The summed E-state index contributed by atoms with van der Waals surface area (Å²) in [6.45, 7) is 0. The van der Waals surface area contributed by atoms with Crippen LogP contribution < -0.4 is 0 Å². The van der Waals surface area contributed by atoms with Gasteiger partial charge in [0, 0.05) is 16.7 Å². The van der Waals surface area contributed by atoms with Gasteiger partial charge in [-0.15, -0.1) is 0 Å². The molecule has 8 aromatic carbocycles. The van der Waals surface area contributed by atoms with Gasteiger partial charge in [-0.3, -0.25) is 0 Å². The van der Waals surface area contributed by atoms with Crippen molar-refractivity contribution in [3.8, 4) is 56.4 Å². The topological polar surface area (TPSA) is 62.5 Å². The quantitative estimate of drug-likeness (QED) is 0.151. The summed E-state index contributed by atoms with van der Waals surface area (Å²) < 4.78 is 0. The van der Waals surface area contributed by atoms with Gasteiger partial charge in [0.25, 0.3) is 0 Å². The molecule has 0 saturated carbocycles. The van der Waals surface area contributed by atoms with Crippen LogP contribution in [0.1, 0.15) is 16.7 Å². The lowest BCUT2D eigenvalue weighted by Gasteiger charge is -2.14. The van der Waals surface area contributed by atoms with Crippen LogP contribution in [0, 0.1) is 5.41 Å². The first-order valence-electron chi connectivity index (χ1n) is 18.7. The zero-order valence-corrected chi connectivity index (χ0v) is 30.5. The van der Waals surface area contributed by atoms with Crippen molar-refractivity contribution in [3.05, 3.63) is 229 Å². The van der Waals surface area contributed by atoms with Crippen LogP contribution in [0.25, 0.3) is 72.8 Å². The second-order valence-corrected chi connectivity index (χ2v) is 13.6. The molecule has 0 spiro atoms. The van der Waals surface area contributed by atoms with Crippen molar-refractivity contribution in [1.29, 1.82) is 5.41 Å². The van der Waals surface area contributed by atoms with E-state index in [9.17, 15) is 0 Å². The molecule has 0 aliphatic rings. The fourth-order valence-electron chi connectivity index (χ4n) is 7.09. The highest BCUT2D eigenvalue weighted by molar-refractivity contribution is 6.13. The molecule has 0 aliphatic heterocycles. The molecule has 0 fully saturated rings. The molecule has 4 nitrogen and oxygen atoms in total. The lowest BCUT2D eigenvalue weighted by atomic mass is 9.89. The Morgan fingerprint density at radius 3 is 1.38 bits per heavy atom. The van der Waals surface area contributed by atoms with Crippen molar-refractivity contribution in [1.82, 2.24) is 15.0 Å². The third kappa shape index (κ3) is 7.20. The van der Waals surface area contributed by atoms with E-state index in [1.165, 1.54) is 0 Å². The highest BCUT2D eigenvalue weighted by Gasteiger charge is 2.14. The molecule has 1 heterocycles. The largest absolute Gasteiger partial charge is 0.300 e. The molecule has 0 bridgehead atoms. The maximum absolute atomic E-state index is 9.02. The Hall–Kier alpha value is -7.56. The number of benzene rings is 8. The first kappa shape index (κ1) is 34.2. The van der Waals surface area contributed by atoms with Crippen LogP contribution >= 0.6 is 0 Å². The van der Waals surface area contributed by atoms with E-state index in [0.717, 1.165) is 72.0 Å². The minimum atomic E-state index is 0.472. The molecule has 9 aromatic rings. The van der Waals surface area contributed by atoms with E-state index in [1.54, 1.807) is 0 Å². The van der Waals surface area contributed by atoms with Crippen LogP contribution in [0.3, 0.4) is 0 Å². The third-order valence-electron chi connectivity index (χ3n) is 10.0. The number of rotatable bonds is 9. The van der Waals surface area contributed by atoms with E-state index in [1.807, 2.05) is 103 Å². The van der Waals surface area contributed by atoms with E-state index in [0.29, 0.717) is 23.2 Å². The summed E-state index contributed by atoms with van der Waals surface area (Å²) in [7, 11) is 0. The number of hydrogen-bond donors (Lipinski definition) is 1. The van der Waals surface area contributed by atoms with Crippen molar-refractivity contribution in [2.24, 2.45) is 0 Å². The molecular weight excluding hydrogens is 681 g/mol. The minimum Gasteiger partial charge on any atom is -0.300 e. The number of nitrogens with one attached hydrogen (secondary N) is 1. The van der Waals surface area contributed by atoms with Crippen molar-refractivity contribution in [3.63, 3.8) is 0 Å². The first-order valence-corrected chi connectivity index (χ1v) is 18.7. The summed E-state index contributed by atoms with van der Waals surface area (Å²) >= 11 is 0. The number of allylic oxidation sites excluding steroid dienone is 1. The maximum atomic E-state index is 9.02. The number of nitrogens with zero attached hydrogens (tertiary/aromatic N) is 3. The molecule has 9 rings (SSSR count). The average Bonchev–Trinajstić information content (AvgIpc) is 3.29. The molecule has 4 heteroatoms. The van der Waals surface area contributed by atoms with E-state index >= 15 is 0 Å². The summed E-state index contributed by atoms with van der Waals surface area (Å²) in [5.41, 5.74) is 11.8. The Bertz CT molecular complexity index is 2770. The Morgan fingerprint density at radius 2 is 0.786 bits per heavy atom. The van der Waals surface area contributed by atoms with Crippen LogP contribution in [-0.2, 0) is 0 Å². The average molecular weight is 717 g/mol. The molecule has 0 saturated heterocycles. The number of fused-ring (bicyclic) bond motifs is 1. The molecule has 1 aromatic heterocycles.